The zero-order valence-electron chi connectivity index (χ0n) is 20.2. The van der Waals surface area contributed by atoms with Crippen molar-refractivity contribution in [3.05, 3.63) is 35.6 Å². The number of fused-ring (bicyclic) bond motifs is 2. The molecule has 1 radical (unpaired) electrons. The van der Waals surface area contributed by atoms with Gasteiger partial charge >= 0.3 is 0 Å². The van der Waals surface area contributed by atoms with Crippen LogP contribution in [0.1, 0.15) is 50.5 Å². The third kappa shape index (κ3) is 8.81. The van der Waals surface area contributed by atoms with Gasteiger partial charge in [-0.15, -0.1) is 0 Å². The molecular formula is C25H35FN3O3ReS2-5. The molecule has 2 bridgehead atoms. The van der Waals surface area contributed by atoms with E-state index < -0.39 is 0 Å². The fraction of sp³-hybridized carbons (Fsp3) is 0.680. The summed E-state index contributed by atoms with van der Waals surface area (Å²) in [6, 6.07) is 7.40. The molecule has 2 fully saturated rings. The van der Waals surface area contributed by atoms with Crippen molar-refractivity contribution < 1.29 is 40.2 Å². The summed E-state index contributed by atoms with van der Waals surface area (Å²) in [4.78, 5) is 21.7. The Labute approximate surface area is 233 Å². The Morgan fingerprint density at radius 3 is 2.54 bits per heavy atom. The SMILES string of the molecule is CCC(=O)[C@H]1[C@@H](c2ccc(F)cc2)CC2CC[C@H]1N2CCCN(CC[S-])CC([O-])=NCC[S-].[O-2].[Re]. The van der Waals surface area contributed by atoms with E-state index >= 15 is 0 Å². The third-order valence-corrected chi connectivity index (χ3v) is 7.48. The number of Topliss-reactive ketones (excluding diaryl/α,β-unsaturated/α-hetero) is 1. The number of benzene rings is 1. The first-order valence-electron chi connectivity index (χ1n) is 12.1. The summed E-state index contributed by atoms with van der Waals surface area (Å²) < 4.78 is 13.5. The van der Waals surface area contributed by atoms with Crippen LogP contribution < -0.4 is 5.11 Å². The predicted molar refractivity (Wildman–Crippen MR) is 135 cm³/mol. The average Bonchev–Trinajstić information content (AvgIpc) is 3.08. The molecule has 10 heteroatoms. The number of hydrogen-bond acceptors (Lipinski definition) is 7. The van der Waals surface area contributed by atoms with Crippen LogP contribution in [-0.4, -0.2) is 77.8 Å². The Morgan fingerprint density at radius 1 is 1.20 bits per heavy atom. The van der Waals surface area contributed by atoms with Crippen molar-refractivity contribution in [3.63, 3.8) is 0 Å². The van der Waals surface area contributed by atoms with Gasteiger partial charge < -0.3 is 45.7 Å². The van der Waals surface area contributed by atoms with Crippen LogP contribution in [0.4, 0.5) is 4.39 Å². The Balaban J connectivity index is 0.00000306. The van der Waals surface area contributed by atoms with Gasteiger partial charge in [0, 0.05) is 57.9 Å². The minimum Gasteiger partial charge on any atom is -2.00 e. The van der Waals surface area contributed by atoms with E-state index in [2.05, 4.69) is 14.8 Å². The van der Waals surface area contributed by atoms with Crippen molar-refractivity contribution in [1.82, 2.24) is 9.80 Å². The van der Waals surface area contributed by atoms with Crippen molar-refractivity contribution in [2.24, 2.45) is 10.9 Å². The summed E-state index contributed by atoms with van der Waals surface area (Å²) >= 11 is 10.0. The quantitative estimate of drug-likeness (QED) is 0.179. The number of nitrogens with zero attached hydrogens (tertiary/aromatic N) is 3. The van der Waals surface area contributed by atoms with E-state index in [4.69, 9.17) is 25.3 Å². The molecule has 3 rings (SSSR count). The van der Waals surface area contributed by atoms with Gasteiger partial charge in [0.1, 0.15) is 11.6 Å². The molecule has 2 heterocycles. The second kappa shape index (κ2) is 16.4. The summed E-state index contributed by atoms with van der Waals surface area (Å²) in [6.45, 7) is 5.02. The molecule has 2 aliphatic heterocycles. The van der Waals surface area contributed by atoms with E-state index in [0.29, 0.717) is 49.4 Å². The minimum atomic E-state index is -0.239. The molecule has 2 saturated heterocycles. The molecule has 0 amide bonds. The molecule has 0 N–H and O–H groups in total. The largest absolute Gasteiger partial charge is 2.00 e. The van der Waals surface area contributed by atoms with Gasteiger partial charge in [-0.1, -0.05) is 19.1 Å². The molecule has 1 aromatic carbocycles. The molecule has 0 aromatic heterocycles. The molecule has 0 saturated carbocycles. The number of rotatable bonds is 13. The molecule has 1 unspecified atom stereocenters. The van der Waals surface area contributed by atoms with E-state index in [9.17, 15) is 14.3 Å². The number of hydrogen-bond donors (Lipinski definition) is 0. The first-order chi connectivity index (χ1) is 16.0. The van der Waals surface area contributed by atoms with E-state index in [1.165, 1.54) is 12.1 Å². The van der Waals surface area contributed by atoms with Crippen LogP contribution in [0.2, 0.25) is 0 Å². The molecule has 0 aliphatic carbocycles. The van der Waals surface area contributed by atoms with E-state index in [1.807, 2.05) is 19.1 Å². The maximum absolute atomic E-state index is 13.5. The molecule has 35 heavy (non-hydrogen) atoms. The number of ketones is 1. The zero-order valence-corrected chi connectivity index (χ0v) is 24.6. The van der Waals surface area contributed by atoms with Crippen LogP contribution in [-0.2, 0) is 56.0 Å². The Bertz CT molecular complexity index is 803. The van der Waals surface area contributed by atoms with Crippen LogP contribution in [0.15, 0.2) is 29.3 Å². The first kappa shape index (κ1) is 32.6. The molecular weight excluding hydrogens is 660 g/mol. The number of piperidine rings is 1. The normalized spacial score (nSPS) is 24.2. The van der Waals surface area contributed by atoms with E-state index in [0.717, 1.165) is 44.3 Å². The average molecular weight is 695 g/mol. The number of aliphatic imine (C=N–C) groups is 1. The van der Waals surface area contributed by atoms with Gasteiger partial charge in [-0.2, -0.15) is 11.5 Å². The summed E-state index contributed by atoms with van der Waals surface area (Å²) in [7, 11) is 0. The van der Waals surface area contributed by atoms with Gasteiger partial charge in [-0.3, -0.25) is 9.69 Å². The molecule has 2 aliphatic rings. The molecule has 6 nitrogen and oxygen atoms in total. The van der Waals surface area contributed by atoms with Crippen LogP contribution in [0, 0.1) is 11.7 Å². The smallest absolute Gasteiger partial charge is 0.137 e. The van der Waals surface area contributed by atoms with Crippen molar-refractivity contribution in [2.45, 2.75) is 57.0 Å². The van der Waals surface area contributed by atoms with Gasteiger partial charge in [0.25, 0.3) is 0 Å². The van der Waals surface area contributed by atoms with Crippen molar-refractivity contribution in [3.8, 4) is 0 Å². The van der Waals surface area contributed by atoms with Gasteiger partial charge in [0.2, 0.25) is 0 Å². The fourth-order valence-electron chi connectivity index (χ4n) is 5.68. The third-order valence-electron chi connectivity index (χ3n) is 7.12. The van der Waals surface area contributed by atoms with Crippen LogP contribution in [0.5, 0.6) is 0 Å². The minimum absolute atomic E-state index is 0. The Kier molecular flexibility index (Phi) is 15.2. The first-order valence-corrected chi connectivity index (χ1v) is 13.3. The van der Waals surface area contributed by atoms with E-state index in [-0.39, 0.29) is 55.5 Å². The van der Waals surface area contributed by atoms with Crippen molar-refractivity contribution in [1.29, 1.82) is 0 Å². The molecule has 199 valence electrons. The zero-order chi connectivity index (χ0) is 23.8. The summed E-state index contributed by atoms with van der Waals surface area (Å²) in [5, 5.41) is 12.0. The predicted octanol–water partition coefficient (Wildman–Crippen LogP) is 2.16. The van der Waals surface area contributed by atoms with Gasteiger partial charge in [-0.25, -0.2) is 4.39 Å². The monoisotopic (exact) mass is 695 g/mol. The van der Waals surface area contributed by atoms with Gasteiger partial charge in [0.05, 0.1) is 0 Å². The number of halogens is 1. The van der Waals surface area contributed by atoms with Crippen LogP contribution >= 0.6 is 0 Å². The summed E-state index contributed by atoms with van der Waals surface area (Å²) in [5.41, 5.74) is 1.08. The van der Waals surface area contributed by atoms with Gasteiger partial charge in [-0.05, 0) is 74.8 Å². The maximum Gasteiger partial charge on any atom is 0.137 e. The maximum atomic E-state index is 13.5. The van der Waals surface area contributed by atoms with Crippen molar-refractivity contribution >= 4 is 36.9 Å². The Morgan fingerprint density at radius 2 is 1.91 bits per heavy atom. The number of carbonyl (C=O) groups is 1. The molecule has 1 aromatic rings. The van der Waals surface area contributed by atoms with Gasteiger partial charge in [0.15, 0.2) is 0 Å². The second-order valence-corrected chi connectivity index (χ2v) is 9.91. The second-order valence-electron chi connectivity index (χ2n) is 9.09. The number of carbonyl (C=O) groups excluding carboxylic acids is 1. The topological polar surface area (TPSA) is 87.5 Å². The van der Waals surface area contributed by atoms with Crippen LogP contribution in [0.3, 0.4) is 0 Å². The Hall–Kier alpha value is -0.468. The fourth-order valence-corrected chi connectivity index (χ4v) is 6.03. The summed E-state index contributed by atoms with van der Waals surface area (Å²) in [6.07, 6.45) is 4.52. The molecule has 0 spiro atoms. The van der Waals surface area contributed by atoms with Crippen LogP contribution in [0.25, 0.3) is 0 Å². The van der Waals surface area contributed by atoms with Crippen molar-refractivity contribution in [2.75, 3.05) is 44.2 Å². The van der Waals surface area contributed by atoms with E-state index in [1.54, 1.807) is 0 Å². The summed E-state index contributed by atoms with van der Waals surface area (Å²) in [5.74, 6) is 1.10. The molecule has 4 atom stereocenters. The standard InChI is InChI=1S/C25H38FN3O2S2.O.Re/c1-2-23(30)25-21(18-4-6-19(26)7-5-18)16-20-8-9-22(25)29(20)12-3-11-28(13-15-33)17-24(31)27-10-14-32;;/h4-7,20-22,25,32-33H,2-3,8-17H2,1H3,(H,27,31);;/q;-2;/p-3/t20?,21-,22-,25+;;/m1../s1.